The average molecular weight is 411 g/mol. The summed E-state index contributed by atoms with van der Waals surface area (Å²) in [7, 11) is 1.66. The van der Waals surface area contributed by atoms with E-state index >= 15 is 0 Å². The van der Waals surface area contributed by atoms with Crippen molar-refractivity contribution in [2.45, 2.75) is 25.3 Å². The number of nitrogens with zero attached hydrogens (tertiary/aromatic N) is 1. The Morgan fingerprint density at radius 1 is 1.23 bits per heavy atom. The molecule has 1 aliphatic heterocycles. The van der Waals surface area contributed by atoms with Crippen molar-refractivity contribution in [2.75, 3.05) is 40.0 Å². The van der Waals surface area contributed by atoms with Gasteiger partial charge in [-0.3, -0.25) is 9.69 Å². The highest BCUT2D eigenvalue weighted by atomic mass is 16.5. The molecule has 0 bridgehead atoms. The molecule has 6 heteroatoms. The van der Waals surface area contributed by atoms with Gasteiger partial charge in [0.2, 0.25) is 5.91 Å². The zero-order valence-electron chi connectivity index (χ0n) is 17.7. The van der Waals surface area contributed by atoms with Crippen molar-refractivity contribution in [2.24, 2.45) is 5.92 Å². The maximum atomic E-state index is 12.4. The minimum atomic E-state index is -0.125. The Labute approximate surface area is 177 Å². The molecule has 1 amide bonds. The predicted octanol–water partition coefficient (Wildman–Crippen LogP) is 3.61. The zero-order chi connectivity index (χ0) is 20.9. The van der Waals surface area contributed by atoms with Gasteiger partial charge in [0, 0.05) is 31.6 Å². The molecule has 2 fully saturated rings. The molecule has 3 unspecified atom stereocenters. The van der Waals surface area contributed by atoms with Gasteiger partial charge in [0.05, 0.1) is 26.4 Å². The largest absolute Gasteiger partial charge is 0.497 e. The quantitative estimate of drug-likeness (QED) is 0.674. The molecule has 4 rings (SSSR count). The van der Waals surface area contributed by atoms with Crippen LogP contribution >= 0.6 is 0 Å². The lowest BCUT2D eigenvalue weighted by molar-refractivity contribution is -0.116. The second kappa shape index (κ2) is 9.49. The van der Waals surface area contributed by atoms with Gasteiger partial charge in [-0.15, -0.1) is 0 Å². The standard InChI is InChI=1S/C24H30N2O4/c1-17-15-21(17)23-9-7-20(30-23)8-10-24(27)25-16-22(26-11-13-29-14-12-26)18-3-5-19(28-2)6-4-18/h3-10,17,21-22H,11-16H2,1-2H3,(H,25,27)/b10-8+. The molecule has 1 saturated carbocycles. The molecule has 2 aromatic rings. The molecule has 3 atom stereocenters. The molecule has 2 aliphatic rings. The Morgan fingerprint density at radius 2 is 1.97 bits per heavy atom. The smallest absolute Gasteiger partial charge is 0.244 e. The van der Waals surface area contributed by atoms with Gasteiger partial charge >= 0.3 is 0 Å². The van der Waals surface area contributed by atoms with Crippen LogP contribution < -0.4 is 10.1 Å². The molecule has 6 nitrogen and oxygen atoms in total. The molecule has 1 aromatic heterocycles. The molecular weight excluding hydrogens is 380 g/mol. The van der Waals surface area contributed by atoms with Crippen molar-refractivity contribution < 1.29 is 18.7 Å². The highest BCUT2D eigenvalue weighted by Gasteiger charge is 2.36. The fourth-order valence-electron chi connectivity index (χ4n) is 3.96. The summed E-state index contributed by atoms with van der Waals surface area (Å²) in [4.78, 5) is 14.8. The van der Waals surface area contributed by atoms with Crippen molar-refractivity contribution in [3.63, 3.8) is 0 Å². The summed E-state index contributed by atoms with van der Waals surface area (Å²) >= 11 is 0. The van der Waals surface area contributed by atoms with Crippen LogP contribution in [0.2, 0.25) is 0 Å². The van der Waals surface area contributed by atoms with E-state index < -0.39 is 0 Å². The molecule has 1 N–H and O–H groups in total. The molecule has 0 radical (unpaired) electrons. The van der Waals surface area contributed by atoms with Gasteiger partial charge in [0.15, 0.2) is 0 Å². The Kier molecular flexibility index (Phi) is 6.55. The zero-order valence-corrected chi connectivity index (χ0v) is 17.7. The number of hydrogen-bond acceptors (Lipinski definition) is 5. The lowest BCUT2D eigenvalue weighted by atomic mass is 10.0. The lowest BCUT2D eigenvalue weighted by Crippen LogP contribution is -2.43. The monoisotopic (exact) mass is 410 g/mol. The van der Waals surface area contributed by atoms with Crippen molar-refractivity contribution >= 4 is 12.0 Å². The number of benzene rings is 1. The first-order valence-electron chi connectivity index (χ1n) is 10.7. The Hall–Kier alpha value is -2.57. The van der Waals surface area contributed by atoms with E-state index in [4.69, 9.17) is 13.9 Å². The number of rotatable bonds is 8. The number of methoxy groups -OCH3 is 1. The SMILES string of the molecule is COc1ccc(C(CNC(=O)/C=C/c2ccc(C3CC3C)o2)N2CCOCC2)cc1. The fourth-order valence-corrected chi connectivity index (χ4v) is 3.96. The van der Waals surface area contributed by atoms with E-state index in [1.165, 1.54) is 6.42 Å². The summed E-state index contributed by atoms with van der Waals surface area (Å²) in [5.74, 6) is 3.68. The van der Waals surface area contributed by atoms with Gasteiger partial charge < -0.3 is 19.2 Å². The van der Waals surface area contributed by atoms with Gasteiger partial charge in [-0.05, 0) is 48.2 Å². The van der Waals surface area contributed by atoms with Crippen molar-refractivity contribution in [1.82, 2.24) is 10.2 Å². The van der Waals surface area contributed by atoms with E-state index in [0.717, 1.165) is 35.9 Å². The van der Waals surface area contributed by atoms with E-state index in [1.807, 2.05) is 24.3 Å². The molecule has 2 heterocycles. The molecular formula is C24H30N2O4. The first-order chi connectivity index (χ1) is 14.6. The van der Waals surface area contributed by atoms with Gasteiger partial charge in [0.1, 0.15) is 17.3 Å². The summed E-state index contributed by atoms with van der Waals surface area (Å²) in [6.07, 6.45) is 4.47. The van der Waals surface area contributed by atoms with Crippen LogP contribution in [0.5, 0.6) is 5.75 Å². The van der Waals surface area contributed by atoms with Crippen molar-refractivity contribution in [1.29, 1.82) is 0 Å². The highest BCUT2D eigenvalue weighted by molar-refractivity contribution is 5.91. The Balaban J connectivity index is 1.37. The van der Waals surface area contributed by atoms with Crippen LogP contribution in [0.3, 0.4) is 0 Å². The first-order valence-corrected chi connectivity index (χ1v) is 10.7. The van der Waals surface area contributed by atoms with Crippen LogP contribution in [0.25, 0.3) is 6.08 Å². The summed E-state index contributed by atoms with van der Waals surface area (Å²) in [6.45, 7) is 5.86. The average Bonchev–Trinajstić information content (AvgIpc) is 3.32. The molecule has 1 saturated heterocycles. The van der Waals surface area contributed by atoms with E-state index in [2.05, 4.69) is 29.3 Å². The highest BCUT2D eigenvalue weighted by Crippen LogP contribution is 2.47. The number of ether oxygens (including phenoxy) is 2. The molecule has 1 aromatic carbocycles. The fraction of sp³-hybridized carbons (Fsp3) is 0.458. The Bertz CT molecular complexity index is 868. The maximum absolute atomic E-state index is 12.4. The number of nitrogens with one attached hydrogen (secondary N) is 1. The second-order valence-corrected chi connectivity index (χ2v) is 8.08. The number of carbonyl (C=O) groups is 1. The van der Waals surface area contributed by atoms with E-state index in [0.29, 0.717) is 31.6 Å². The number of amides is 1. The molecule has 160 valence electrons. The van der Waals surface area contributed by atoms with Crippen LogP contribution in [0.15, 0.2) is 46.9 Å². The number of morpholine rings is 1. The third-order valence-corrected chi connectivity index (χ3v) is 5.98. The number of furan rings is 1. The van der Waals surface area contributed by atoms with Crippen LogP contribution in [0.1, 0.15) is 42.4 Å². The van der Waals surface area contributed by atoms with Gasteiger partial charge in [-0.25, -0.2) is 0 Å². The summed E-state index contributed by atoms with van der Waals surface area (Å²) in [5, 5.41) is 3.05. The topological polar surface area (TPSA) is 63.9 Å². The molecule has 30 heavy (non-hydrogen) atoms. The number of carbonyl (C=O) groups excluding carboxylic acids is 1. The van der Waals surface area contributed by atoms with E-state index in [1.54, 1.807) is 19.3 Å². The Morgan fingerprint density at radius 3 is 2.63 bits per heavy atom. The third-order valence-electron chi connectivity index (χ3n) is 5.98. The predicted molar refractivity (Wildman–Crippen MR) is 115 cm³/mol. The minimum absolute atomic E-state index is 0.0868. The molecule has 1 aliphatic carbocycles. The summed E-state index contributed by atoms with van der Waals surface area (Å²) in [6, 6.07) is 12.1. The van der Waals surface area contributed by atoms with Gasteiger partial charge in [0.25, 0.3) is 0 Å². The maximum Gasteiger partial charge on any atom is 0.244 e. The van der Waals surface area contributed by atoms with Crippen LogP contribution in [-0.4, -0.2) is 50.8 Å². The van der Waals surface area contributed by atoms with E-state index in [-0.39, 0.29) is 11.9 Å². The van der Waals surface area contributed by atoms with Crippen LogP contribution in [0.4, 0.5) is 0 Å². The minimum Gasteiger partial charge on any atom is -0.497 e. The third kappa shape index (κ3) is 5.12. The first kappa shape index (κ1) is 20.7. The van der Waals surface area contributed by atoms with Crippen molar-refractivity contribution in [3.8, 4) is 5.75 Å². The lowest BCUT2D eigenvalue weighted by Gasteiger charge is -2.34. The molecule has 0 spiro atoms. The summed E-state index contributed by atoms with van der Waals surface area (Å²) in [5.41, 5.74) is 1.15. The number of hydrogen-bond donors (Lipinski definition) is 1. The summed E-state index contributed by atoms with van der Waals surface area (Å²) < 4.78 is 16.6. The van der Waals surface area contributed by atoms with Crippen LogP contribution in [-0.2, 0) is 9.53 Å². The second-order valence-electron chi connectivity index (χ2n) is 8.08. The van der Waals surface area contributed by atoms with Gasteiger partial charge in [-0.2, -0.15) is 0 Å². The normalized spacial score (nSPS) is 22.7. The van der Waals surface area contributed by atoms with Gasteiger partial charge in [-0.1, -0.05) is 19.1 Å². The van der Waals surface area contributed by atoms with Crippen LogP contribution in [0, 0.1) is 5.92 Å². The van der Waals surface area contributed by atoms with E-state index in [9.17, 15) is 4.79 Å². The van der Waals surface area contributed by atoms with Crippen molar-refractivity contribution in [3.05, 3.63) is 59.6 Å².